The number of rotatable bonds is 6. The topological polar surface area (TPSA) is 35.6 Å². The largest absolute Gasteiger partial charge is 0.345 e. The predicted octanol–water partition coefficient (Wildman–Crippen LogP) is 0.786. The molecule has 0 bridgehead atoms. The van der Waals surface area contributed by atoms with E-state index < -0.39 is 0 Å². The van der Waals surface area contributed by atoms with Crippen LogP contribution in [0.2, 0.25) is 0 Å². The highest BCUT2D eigenvalue weighted by Gasteiger charge is 2.16. The van der Waals surface area contributed by atoms with E-state index >= 15 is 0 Å². The summed E-state index contributed by atoms with van der Waals surface area (Å²) in [6, 6.07) is 0. The Balaban J connectivity index is 2.02. The van der Waals surface area contributed by atoms with Crippen molar-refractivity contribution in [2.75, 3.05) is 46.8 Å². The minimum Gasteiger partial charge on any atom is -0.345 e. The van der Waals surface area contributed by atoms with Crippen LogP contribution in [-0.2, 0) is 4.79 Å². The zero-order chi connectivity index (χ0) is 12.7. The number of hydrogen-bond acceptors (Lipinski definition) is 3. The number of likely N-dealkylation sites (tertiary alicyclic amines) is 1. The van der Waals surface area contributed by atoms with E-state index in [1.807, 2.05) is 14.0 Å². The Kier molecular flexibility index (Phi) is 6.52. The van der Waals surface area contributed by atoms with Gasteiger partial charge in [0.25, 0.3) is 0 Å². The Morgan fingerprint density at radius 2 is 2.06 bits per heavy atom. The SMILES string of the molecule is CCN(C)C(=O)CNCCC1CCN(C)CC1. The Morgan fingerprint density at radius 3 is 2.65 bits per heavy atom. The Morgan fingerprint density at radius 1 is 1.41 bits per heavy atom. The maximum Gasteiger partial charge on any atom is 0.236 e. The summed E-state index contributed by atoms with van der Waals surface area (Å²) in [5.74, 6) is 1.04. The molecule has 0 spiro atoms. The fourth-order valence-electron chi connectivity index (χ4n) is 2.16. The van der Waals surface area contributed by atoms with Crippen molar-refractivity contribution in [3.05, 3.63) is 0 Å². The summed E-state index contributed by atoms with van der Waals surface area (Å²) in [5.41, 5.74) is 0. The van der Waals surface area contributed by atoms with Crippen LogP contribution in [0.1, 0.15) is 26.2 Å². The summed E-state index contributed by atoms with van der Waals surface area (Å²) in [5, 5.41) is 3.25. The van der Waals surface area contributed by atoms with Crippen molar-refractivity contribution in [2.24, 2.45) is 5.92 Å². The van der Waals surface area contributed by atoms with Gasteiger partial charge in [-0.1, -0.05) is 0 Å². The molecule has 0 unspecified atom stereocenters. The summed E-state index contributed by atoms with van der Waals surface area (Å²) in [6.45, 7) is 6.69. The first-order valence-corrected chi connectivity index (χ1v) is 6.76. The smallest absolute Gasteiger partial charge is 0.236 e. The highest BCUT2D eigenvalue weighted by atomic mass is 16.2. The Labute approximate surface area is 105 Å². The molecular weight excluding hydrogens is 214 g/mol. The molecule has 0 atom stereocenters. The summed E-state index contributed by atoms with van der Waals surface area (Å²) in [4.78, 5) is 15.7. The molecule has 17 heavy (non-hydrogen) atoms. The zero-order valence-electron chi connectivity index (χ0n) is 11.5. The molecule has 0 aromatic heterocycles. The second-order valence-corrected chi connectivity index (χ2v) is 5.12. The monoisotopic (exact) mass is 241 g/mol. The average Bonchev–Trinajstić information content (AvgIpc) is 2.35. The van der Waals surface area contributed by atoms with Crippen molar-refractivity contribution in [1.29, 1.82) is 0 Å². The van der Waals surface area contributed by atoms with Crippen molar-refractivity contribution in [1.82, 2.24) is 15.1 Å². The maximum atomic E-state index is 11.5. The van der Waals surface area contributed by atoms with Crippen LogP contribution in [0.3, 0.4) is 0 Å². The van der Waals surface area contributed by atoms with Gasteiger partial charge < -0.3 is 15.1 Å². The lowest BCUT2D eigenvalue weighted by Crippen LogP contribution is -2.36. The van der Waals surface area contributed by atoms with Crippen molar-refractivity contribution >= 4 is 5.91 Å². The Hall–Kier alpha value is -0.610. The third kappa shape index (κ3) is 5.50. The summed E-state index contributed by atoms with van der Waals surface area (Å²) in [7, 11) is 4.04. The second kappa shape index (κ2) is 7.67. The molecule has 1 heterocycles. The van der Waals surface area contributed by atoms with Gasteiger partial charge >= 0.3 is 0 Å². The van der Waals surface area contributed by atoms with E-state index in [9.17, 15) is 4.79 Å². The number of likely N-dealkylation sites (N-methyl/N-ethyl adjacent to an activating group) is 1. The van der Waals surface area contributed by atoms with Crippen LogP contribution in [0.4, 0.5) is 0 Å². The van der Waals surface area contributed by atoms with Crippen molar-refractivity contribution < 1.29 is 4.79 Å². The molecule has 1 saturated heterocycles. The third-order valence-electron chi connectivity index (χ3n) is 3.74. The number of nitrogens with zero attached hydrogens (tertiary/aromatic N) is 2. The molecule has 0 radical (unpaired) electrons. The highest BCUT2D eigenvalue weighted by Crippen LogP contribution is 2.18. The first-order valence-electron chi connectivity index (χ1n) is 6.76. The van der Waals surface area contributed by atoms with Gasteiger partial charge in [0.1, 0.15) is 0 Å². The molecule has 100 valence electrons. The molecule has 1 amide bonds. The molecule has 1 N–H and O–H groups in total. The van der Waals surface area contributed by atoms with Crippen LogP contribution in [0.25, 0.3) is 0 Å². The summed E-state index contributed by atoms with van der Waals surface area (Å²) < 4.78 is 0. The lowest BCUT2D eigenvalue weighted by Gasteiger charge is -2.28. The summed E-state index contributed by atoms with van der Waals surface area (Å²) in [6.07, 6.45) is 3.82. The van der Waals surface area contributed by atoms with Gasteiger partial charge in [-0.3, -0.25) is 4.79 Å². The molecule has 1 aliphatic heterocycles. The van der Waals surface area contributed by atoms with Gasteiger partial charge in [-0.25, -0.2) is 0 Å². The predicted molar refractivity (Wildman–Crippen MR) is 71.0 cm³/mol. The van der Waals surface area contributed by atoms with Crippen molar-refractivity contribution in [3.8, 4) is 0 Å². The van der Waals surface area contributed by atoms with Gasteiger partial charge in [0.15, 0.2) is 0 Å². The number of amides is 1. The number of carbonyl (C=O) groups is 1. The van der Waals surface area contributed by atoms with E-state index in [0.717, 1.165) is 19.0 Å². The Bertz CT molecular complexity index is 225. The normalized spacial score (nSPS) is 18.3. The summed E-state index contributed by atoms with van der Waals surface area (Å²) >= 11 is 0. The molecule has 1 rings (SSSR count). The average molecular weight is 241 g/mol. The van der Waals surface area contributed by atoms with Crippen LogP contribution in [0, 0.1) is 5.92 Å². The fourth-order valence-corrected chi connectivity index (χ4v) is 2.16. The van der Waals surface area contributed by atoms with Gasteiger partial charge in [-0.15, -0.1) is 0 Å². The minimum atomic E-state index is 0.191. The lowest BCUT2D eigenvalue weighted by atomic mass is 9.94. The molecule has 1 aliphatic rings. The van der Waals surface area contributed by atoms with Gasteiger partial charge in [-0.05, 0) is 58.8 Å². The molecule has 4 heteroatoms. The van der Waals surface area contributed by atoms with E-state index in [2.05, 4.69) is 17.3 Å². The minimum absolute atomic E-state index is 0.191. The van der Waals surface area contributed by atoms with Gasteiger partial charge in [0, 0.05) is 13.6 Å². The quantitative estimate of drug-likeness (QED) is 0.698. The van der Waals surface area contributed by atoms with Gasteiger partial charge in [0.2, 0.25) is 5.91 Å². The van der Waals surface area contributed by atoms with Crippen LogP contribution < -0.4 is 5.32 Å². The molecule has 4 nitrogen and oxygen atoms in total. The van der Waals surface area contributed by atoms with Gasteiger partial charge in [0.05, 0.1) is 6.54 Å². The fraction of sp³-hybridized carbons (Fsp3) is 0.923. The van der Waals surface area contributed by atoms with Crippen molar-refractivity contribution in [2.45, 2.75) is 26.2 Å². The van der Waals surface area contributed by atoms with E-state index in [0.29, 0.717) is 6.54 Å². The second-order valence-electron chi connectivity index (χ2n) is 5.12. The van der Waals surface area contributed by atoms with Crippen LogP contribution >= 0.6 is 0 Å². The van der Waals surface area contributed by atoms with Gasteiger partial charge in [-0.2, -0.15) is 0 Å². The molecule has 0 aliphatic carbocycles. The van der Waals surface area contributed by atoms with Crippen LogP contribution in [0.15, 0.2) is 0 Å². The molecule has 0 aromatic rings. The number of hydrogen-bond donors (Lipinski definition) is 1. The first-order chi connectivity index (χ1) is 8.13. The number of piperidine rings is 1. The molecule has 1 fully saturated rings. The van der Waals surface area contributed by atoms with E-state index in [1.165, 1.54) is 32.4 Å². The van der Waals surface area contributed by atoms with Crippen LogP contribution in [0.5, 0.6) is 0 Å². The molecular formula is C13H27N3O. The van der Waals surface area contributed by atoms with E-state index in [-0.39, 0.29) is 5.91 Å². The van der Waals surface area contributed by atoms with Crippen molar-refractivity contribution in [3.63, 3.8) is 0 Å². The molecule has 0 saturated carbocycles. The number of carbonyl (C=O) groups excluding carboxylic acids is 1. The number of nitrogens with one attached hydrogen (secondary N) is 1. The van der Waals surface area contributed by atoms with E-state index in [1.54, 1.807) is 4.90 Å². The highest BCUT2D eigenvalue weighted by molar-refractivity contribution is 5.77. The molecule has 0 aromatic carbocycles. The standard InChI is InChI=1S/C13H27N3O/c1-4-16(3)13(17)11-14-8-5-12-6-9-15(2)10-7-12/h12,14H,4-11H2,1-3H3. The first kappa shape index (κ1) is 14.5. The third-order valence-corrected chi connectivity index (χ3v) is 3.74. The lowest BCUT2D eigenvalue weighted by molar-refractivity contribution is -0.128. The van der Waals surface area contributed by atoms with Crippen LogP contribution in [-0.4, -0.2) is 62.5 Å². The maximum absolute atomic E-state index is 11.5. The zero-order valence-corrected chi connectivity index (χ0v) is 11.5. The van der Waals surface area contributed by atoms with E-state index in [4.69, 9.17) is 0 Å².